The number of benzene rings is 1. The van der Waals surface area contributed by atoms with Crippen LogP contribution in [0.5, 0.6) is 5.75 Å². The molecule has 1 N–H and O–H groups in total. The van der Waals surface area contributed by atoms with Crippen LogP contribution in [0, 0.1) is 6.92 Å². The first kappa shape index (κ1) is 16.4. The molecule has 2 rings (SSSR count). The molecule has 1 atom stereocenters. The van der Waals surface area contributed by atoms with Crippen LogP contribution in [0.15, 0.2) is 34.8 Å². The van der Waals surface area contributed by atoms with E-state index in [1.165, 1.54) is 9.75 Å². The van der Waals surface area contributed by atoms with E-state index in [0.29, 0.717) is 12.1 Å². The highest BCUT2D eigenvalue weighted by molar-refractivity contribution is 9.10. The van der Waals surface area contributed by atoms with Crippen molar-refractivity contribution in [2.75, 3.05) is 0 Å². The van der Waals surface area contributed by atoms with Crippen LogP contribution < -0.4 is 10.1 Å². The van der Waals surface area contributed by atoms with Crippen LogP contribution in [-0.4, -0.2) is 6.61 Å². The quantitative estimate of drug-likeness (QED) is 0.742. The summed E-state index contributed by atoms with van der Waals surface area (Å²) in [6.45, 7) is 1.75. The molecule has 1 aromatic heterocycles. The van der Waals surface area contributed by atoms with Gasteiger partial charge in [0.25, 0.3) is 0 Å². The molecule has 1 unspecified atom stereocenters. The lowest BCUT2D eigenvalue weighted by Gasteiger charge is -2.15. The second-order valence-electron chi connectivity index (χ2n) is 4.68. The maximum absolute atomic E-state index is 12.4. The number of hydrogen-bond acceptors (Lipinski definition) is 3. The molecule has 0 fully saturated rings. The maximum atomic E-state index is 12.4. The van der Waals surface area contributed by atoms with Gasteiger partial charge in [-0.3, -0.25) is 0 Å². The average Bonchev–Trinajstić information content (AvgIpc) is 2.85. The third-order valence-electron chi connectivity index (χ3n) is 3.03. The van der Waals surface area contributed by atoms with Gasteiger partial charge in [0.15, 0.2) is 0 Å². The van der Waals surface area contributed by atoms with Crippen molar-refractivity contribution in [1.29, 1.82) is 0 Å². The summed E-state index contributed by atoms with van der Waals surface area (Å²) < 4.78 is 30.2. The summed E-state index contributed by atoms with van der Waals surface area (Å²) >= 11 is 5.08. The Balaban J connectivity index is 2.06. The van der Waals surface area contributed by atoms with E-state index in [1.54, 1.807) is 29.5 Å². The molecule has 2 nitrogen and oxygen atoms in total. The number of rotatable bonds is 6. The normalized spacial score (nSPS) is 12.7. The van der Waals surface area contributed by atoms with E-state index in [1.807, 2.05) is 0 Å². The molecule has 0 spiro atoms. The Kier molecular flexibility index (Phi) is 5.72. The van der Waals surface area contributed by atoms with Crippen molar-refractivity contribution in [2.45, 2.75) is 33.0 Å². The van der Waals surface area contributed by atoms with Gasteiger partial charge in [0, 0.05) is 32.4 Å². The molecule has 0 aliphatic heterocycles. The van der Waals surface area contributed by atoms with E-state index in [-0.39, 0.29) is 11.8 Å². The molecule has 114 valence electrons. The number of aryl methyl sites for hydroxylation is 1. The van der Waals surface area contributed by atoms with Gasteiger partial charge in [-0.25, -0.2) is 0 Å². The minimum absolute atomic E-state index is 0.155. The summed E-state index contributed by atoms with van der Waals surface area (Å²) in [5.41, 5.74) is 0.699. The highest BCUT2D eigenvalue weighted by atomic mass is 79.9. The van der Waals surface area contributed by atoms with Crippen LogP contribution in [0.4, 0.5) is 8.78 Å². The maximum Gasteiger partial charge on any atom is 0.387 e. The average molecular weight is 376 g/mol. The minimum atomic E-state index is -2.82. The predicted molar refractivity (Wildman–Crippen MR) is 85.1 cm³/mol. The van der Waals surface area contributed by atoms with Gasteiger partial charge in [-0.15, -0.1) is 11.3 Å². The fourth-order valence-electron chi connectivity index (χ4n) is 1.95. The number of nitrogens with one attached hydrogen (secondary N) is 1. The number of hydrogen-bond donors (Lipinski definition) is 1. The summed E-state index contributed by atoms with van der Waals surface area (Å²) in [5.74, 6) is 0.204. The monoisotopic (exact) mass is 375 g/mol. The Labute approximate surface area is 135 Å². The number of alkyl halides is 2. The topological polar surface area (TPSA) is 21.3 Å². The second kappa shape index (κ2) is 7.33. The molecule has 1 heterocycles. The van der Waals surface area contributed by atoms with Crippen LogP contribution in [0.1, 0.15) is 28.3 Å². The zero-order chi connectivity index (χ0) is 15.4. The van der Waals surface area contributed by atoms with Gasteiger partial charge < -0.3 is 10.1 Å². The van der Waals surface area contributed by atoms with Gasteiger partial charge in [0.2, 0.25) is 0 Å². The summed E-state index contributed by atoms with van der Waals surface area (Å²) in [7, 11) is 0. The minimum Gasteiger partial charge on any atom is -0.434 e. The molecule has 0 aliphatic rings. The summed E-state index contributed by atoms with van der Waals surface area (Å²) in [6.07, 6.45) is 0. The summed E-state index contributed by atoms with van der Waals surface area (Å²) in [5, 5.41) is 3.33. The zero-order valence-corrected chi connectivity index (χ0v) is 14.1. The fourth-order valence-corrected chi connectivity index (χ4v) is 3.26. The van der Waals surface area contributed by atoms with Crippen molar-refractivity contribution in [3.8, 4) is 5.75 Å². The Hall–Kier alpha value is -0.980. The van der Waals surface area contributed by atoms with Crippen molar-refractivity contribution >= 4 is 27.3 Å². The summed E-state index contributed by atoms with van der Waals surface area (Å²) in [4.78, 5) is 2.47. The Morgan fingerprint density at radius 3 is 2.67 bits per heavy atom. The van der Waals surface area contributed by atoms with Gasteiger partial charge in [0.05, 0.1) is 0 Å². The molecular weight excluding hydrogens is 360 g/mol. The molecule has 2 aromatic rings. The van der Waals surface area contributed by atoms with Crippen LogP contribution in [0.2, 0.25) is 0 Å². The SMILES string of the molecule is Cc1ccc(C(C)NCc2cc(Br)ccc2OC(F)F)s1. The molecule has 0 bridgehead atoms. The standard InChI is InChI=1S/C15H16BrF2NOS/c1-9-3-6-14(21-9)10(2)19-8-11-7-12(16)4-5-13(11)20-15(17)18/h3-7,10,15,19H,8H2,1-2H3. The van der Waals surface area contributed by atoms with Crippen molar-refractivity contribution in [3.63, 3.8) is 0 Å². The molecule has 21 heavy (non-hydrogen) atoms. The van der Waals surface area contributed by atoms with Gasteiger partial charge >= 0.3 is 6.61 Å². The number of thiophene rings is 1. The van der Waals surface area contributed by atoms with Crippen LogP contribution >= 0.6 is 27.3 Å². The Bertz CT molecular complexity index is 603. The van der Waals surface area contributed by atoms with Crippen LogP contribution in [0.25, 0.3) is 0 Å². The van der Waals surface area contributed by atoms with E-state index in [4.69, 9.17) is 0 Å². The lowest BCUT2D eigenvalue weighted by molar-refractivity contribution is -0.0505. The smallest absolute Gasteiger partial charge is 0.387 e. The molecule has 0 radical (unpaired) electrons. The Morgan fingerprint density at radius 1 is 1.29 bits per heavy atom. The highest BCUT2D eigenvalue weighted by Gasteiger charge is 2.12. The molecule has 1 aromatic carbocycles. The first-order chi connectivity index (χ1) is 9.95. The van der Waals surface area contributed by atoms with Gasteiger partial charge in [-0.1, -0.05) is 15.9 Å². The first-order valence-electron chi connectivity index (χ1n) is 6.48. The number of ether oxygens (including phenoxy) is 1. The van der Waals surface area contributed by atoms with E-state index < -0.39 is 6.61 Å². The van der Waals surface area contributed by atoms with Crippen molar-refractivity contribution in [2.24, 2.45) is 0 Å². The number of halogens is 3. The lowest BCUT2D eigenvalue weighted by Crippen LogP contribution is -2.18. The summed E-state index contributed by atoms with van der Waals surface area (Å²) in [6, 6.07) is 9.33. The van der Waals surface area contributed by atoms with Gasteiger partial charge in [-0.05, 0) is 44.2 Å². The van der Waals surface area contributed by atoms with Crippen LogP contribution in [0.3, 0.4) is 0 Å². The third-order valence-corrected chi connectivity index (χ3v) is 4.70. The molecule has 0 amide bonds. The van der Waals surface area contributed by atoms with E-state index >= 15 is 0 Å². The molecular formula is C15H16BrF2NOS. The Morgan fingerprint density at radius 2 is 2.05 bits per heavy atom. The highest BCUT2D eigenvalue weighted by Crippen LogP contribution is 2.27. The molecule has 0 saturated heterocycles. The van der Waals surface area contributed by atoms with E-state index in [9.17, 15) is 8.78 Å². The fraction of sp³-hybridized carbons (Fsp3) is 0.333. The van der Waals surface area contributed by atoms with Crippen molar-refractivity contribution in [3.05, 3.63) is 50.1 Å². The van der Waals surface area contributed by atoms with Crippen molar-refractivity contribution < 1.29 is 13.5 Å². The molecule has 0 aliphatic carbocycles. The third kappa shape index (κ3) is 4.76. The predicted octanol–water partition coefficient (Wildman–Crippen LogP) is 5.27. The van der Waals surface area contributed by atoms with E-state index in [0.717, 1.165) is 4.47 Å². The van der Waals surface area contributed by atoms with Crippen LogP contribution in [-0.2, 0) is 6.54 Å². The second-order valence-corrected chi connectivity index (χ2v) is 6.92. The van der Waals surface area contributed by atoms with E-state index in [2.05, 4.69) is 52.0 Å². The molecule has 6 heteroatoms. The largest absolute Gasteiger partial charge is 0.434 e. The van der Waals surface area contributed by atoms with Gasteiger partial charge in [-0.2, -0.15) is 8.78 Å². The van der Waals surface area contributed by atoms with Crippen molar-refractivity contribution in [1.82, 2.24) is 5.32 Å². The first-order valence-corrected chi connectivity index (χ1v) is 8.09. The lowest BCUT2D eigenvalue weighted by atomic mass is 10.2. The zero-order valence-electron chi connectivity index (χ0n) is 11.7. The van der Waals surface area contributed by atoms with Gasteiger partial charge in [0.1, 0.15) is 5.75 Å². The molecule has 0 saturated carbocycles.